The molecule has 10 nitrogen and oxygen atoms in total. The Morgan fingerprint density at radius 3 is 2.23 bits per heavy atom. The Balaban J connectivity index is 2.54. The second-order valence-corrected chi connectivity index (χ2v) is 5.27. The maximum atomic E-state index is 11.7. The van der Waals surface area contributed by atoms with Crippen LogP contribution in [0.3, 0.4) is 0 Å². The zero-order valence-electron chi connectivity index (χ0n) is 12.5. The molecule has 1 heterocycles. The van der Waals surface area contributed by atoms with Gasteiger partial charge in [-0.05, 0) is 0 Å². The van der Waals surface area contributed by atoms with Gasteiger partial charge in [-0.1, -0.05) is 0 Å². The Hall–Kier alpha value is -1.30. The van der Waals surface area contributed by atoms with Gasteiger partial charge in [0.25, 0.3) is 0 Å². The number of carbonyl (C=O) groups is 2. The highest BCUT2D eigenvalue weighted by molar-refractivity contribution is 5.96. The van der Waals surface area contributed by atoms with Gasteiger partial charge in [0.05, 0.1) is 25.3 Å². The number of urea groups is 1. The van der Waals surface area contributed by atoms with Crippen molar-refractivity contribution in [2.45, 2.75) is 37.0 Å². The number of aliphatic hydroxyl groups excluding tert-OH is 5. The van der Waals surface area contributed by atoms with E-state index in [0.717, 1.165) is 4.90 Å². The maximum absolute atomic E-state index is 11.7. The molecule has 5 atom stereocenters. The molecular formula is C12H23N3O7. The molecule has 10 heteroatoms. The predicted octanol–water partition coefficient (Wildman–Crippen LogP) is -3.75. The summed E-state index contributed by atoms with van der Waals surface area (Å²) >= 11 is 0. The first-order valence-corrected chi connectivity index (χ1v) is 6.80. The number of hydrogen-bond acceptors (Lipinski definition) is 8. The molecule has 1 aliphatic heterocycles. The first kappa shape index (κ1) is 18.7. The molecule has 0 bridgehead atoms. The fourth-order valence-corrected chi connectivity index (χ4v) is 2.07. The molecule has 6 N–H and O–H groups in total. The Morgan fingerprint density at radius 2 is 1.68 bits per heavy atom. The number of rotatable bonds is 7. The van der Waals surface area contributed by atoms with Crippen LogP contribution < -0.4 is 5.32 Å². The van der Waals surface area contributed by atoms with Gasteiger partial charge < -0.3 is 30.4 Å². The highest BCUT2D eigenvalue weighted by Crippen LogP contribution is 2.12. The zero-order chi connectivity index (χ0) is 17.0. The van der Waals surface area contributed by atoms with E-state index in [1.165, 1.54) is 19.0 Å². The average molecular weight is 321 g/mol. The molecule has 0 radical (unpaired) electrons. The minimum atomic E-state index is -1.72. The molecule has 0 saturated carbocycles. The first-order chi connectivity index (χ1) is 10.2. The SMILES string of the molecule is CN1C(=O)CC(NC[C@H](O)[C@@H](O)[C@@H](O)[C@H](O)CO)N(C)C1=O. The molecule has 128 valence electrons. The third kappa shape index (κ3) is 4.12. The van der Waals surface area contributed by atoms with Gasteiger partial charge in [-0.2, -0.15) is 0 Å². The van der Waals surface area contributed by atoms with Crippen molar-refractivity contribution in [3.63, 3.8) is 0 Å². The molecule has 1 aliphatic rings. The number of nitrogens with zero attached hydrogens (tertiary/aromatic N) is 2. The van der Waals surface area contributed by atoms with E-state index in [1.807, 2.05) is 0 Å². The molecule has 1 saturated heterocycles. The fraction of sp³-hybridized carbons (Fsp3) is 0.833. The van der Waals surface area contributed by atoms with E-state index in [4.69, 9.17) is 5.11 Å². The van der Waals surface area contributed by atoms with Crippen LogP contribution in [0.25, 0.3) is 0 Å². The standard InChI is InChI=1S/C12H23N3O7/c1-14-8(3-9(19)15(2)12(14)22)13-4-6(17)10(20)11(21)7(18)5-16/h6-8,10-11,13,16-18,20-21H,3-5H2,1-2H3/t6-,7+,8?,10+,11-/m0/s1. The lowest BCUT2D eigenvalue weighted by Crippen LogP contribution is -2.60. The second kappa shape index (κ2) is 7.81. The number of hydrogen-bond donors (Lipinski definition) is 6. The van der Waals surface area contributed by atoms with Crippen molar-refractivity contribution in [1.82, 2.24) is 15.1 Å². The van der Waals surface area contributed by atoms with E-state index in [-0.39, 0.29) is 18.9 Å². The minimum Gasteiger partial charge on any atom is -0.394 e. The van der Waals surface area contributed by atoms with Crippen LogP contribution in [0.2, 0.25) is 0 Å². The maximum Gasteiger partial charge on any atom is 0.327 e. The van der Waals surface area contributed by atoms with Gasteiger partial charge in [0.1, 0.15) is 18.3 Å². The Kier molecular flexibility index (Phi) is 6.66. The molecule has 1 rings (SSSR count). The summed E-state index contributed by atoms with van der Waals surface area (Å²) in [7, 11) is 2.85. The summed E-state index contributed by atoms with van der Waals surface area (Å²) in [4.78, 5) is 25.6. The molecule has 22 heavy (non-hydrogen) atoms. The van der Waals surface area contributed by atoms with E-state index in [2.05, 4.69) is 5.32 Å². The molecule has 0 aromatic carbocycles. The monoisotopic (exact) mass is 321 g/mol. The van der Waals surface area contributed by atoms with Crippen LogP contribution in [-0.4, -0.2) is 105 Å². The Labute approximate surface area is 127 Å². The van der Waals surface area contributed by atoms with Crippen molar-refractivity contribution >= 4 is 11.9 Å². The second-order valence-electron chi connectivity index (χ2n) is 5.27. The van der Waals surface area contributed by atoms with Crippen molar-refractivity contribution in [2.24, 2.45) is 0 Å². The lowest BCUT2D eigenvalue weighted by atomic mass is 10.0. The molecular weight excluding hydrogens is 298 g/mol. The zero-order valence-corrected chi connectivity index (χ0v) is 12.5. The summed E-state index contributed by atoms with van der Waals surface area (Å²) in [5.74, 6) is -0.383. The van der Waals surface area contributed by atoms with Gasteiger partial charge in [0, 0.05) is 20.6 Å². The Bertz CT molecular complexity index is 408. The third-order valence-corrected chi connectivity index (χ3v) is 3.69. The van der Waals surface area contributed by atoms with E-state index in [1.54, 1.807) is 0 Å². The van der Waals surface area contributed by atoms with Crippen molar-refractivity contribution < 1.29 is 35.1 Å². The van der Waals surface area contributed by atoms with Gasteiger partial charge >= 0.3 is 6.03 Å². The van der Waals surface area contributed by atoms with Gasteiger partial charge in [0.2, 0.25) is 5.91 Å². The minimum absolute atomic E-state index is 0.00335. The summed E-state index contributed by atoms with van der Waals surface area (Å²) in [6.07, 6.45) is -7.12. The van der Waals surface area contributed by atoms with Crippen molar-refractivity contribution in [2.75, 3.05) is 27.2 Å². The number of amides is 3. The third-order valence-electron chi connectivity index (χ3n) is 3.69. The van der Waals surface area contributed by atoms with Crippen LogP contribution in [0.5, 0.6) is 0 Å². The number of carbonyl (C=O) groups excluding carboxylic acids is 2. The van der Waals surface area contributed by atoms with Crippen LogP contribution in [0, 0.1) is 0 Å². The van der Waals surface area contributed by atoms with Crippen LogP contribution in [0.1, 0.15) is 6.42 Å². The van der Waals surface area contributed by atoms with Crippen LogP contribution >= 0.6 is 0 Å². The number of aliphatic hydroxyl groups is 5. The molecule has 0 aliphatic carbocycles. The van der Waals surface area contributed by atoms with Crippen LogP contribution in [-0.2, 0) is 4.79 Å². The molecule has 3 amide bonds. The van der Waals surface area contributed by atoms with Gasteiger partial charge in [-0.3, -0.25) is 15.0 Å². The molecule has 0 aromatic heterocycles. The van der Waals surface area contributed by atoms with Crippen molar-refractivity contribution in [3.05, 3.63) is 0 Å². The van der Waals surface area contributed by atoms with E-state index in [0.29, 0.717) is 0 Å². The van der Waals surface area contributed by atoms with Crippen LogP contribution in [0.15, 0.2) is 0 Å². The largest absolute Gasteiger partial charge is 0.394 e. The molecule has 0 spiro atoms. The summed E-state index contributed by atoms with van der Waals surface area (Å²) < 4.78 is 0. The normalized spacial score (nSPS) is 25.1. The summed E-state index contributed by atoms with van der Waals surface area (Å²) in [5.41, 5.74) is 0. The summed E-state index contributed by atoms with van der Waals surface area (Å²) in [6, 6.07) is -0.500. The summed E-state index contributed by atoms with van der Waals surface area (Å²) in [6.45, 7) is -0.991. The number of imide groups is 1. The van der Waals surface area contributed by atoms with E-state index in [9.17, 15) is 30.0 Å². The lowest BCUT2D eigenvalue weighted by Gasteiger charge is -2.37. The van der Waals surface area contributed by atoms with E-state index >= 15 is 0 Å². The quantitative estimate of drug-likeness (QED) is 0.279. The van der Waals surface area contributed by atoms with Crippen LogP contribution in [0.4, 0.5) is 4.79 Å². The van der Waals surface area contributed by atoms with Crippen molar-refractivity contribution in [1.29, 1.82) is 0 Å². The first-order valence-electron chi connectivity index (χ1n) is 6.80. The smallest absolute Gasteiger partial charge is 0.327 e. The van der Waals surface area contributed by atoms with Crippen molar-refractivity contribution in [3.8, 4) is 0 Å². The van der Waals surface area contributed by atoms with Gasteiger partial charge in [-0.15, -0.1) is 0 Å². The average Bonchev–Trinajstić information content (AvgIpc) is 2.52. The molecule has 0 aromatic rings. The highest BCUT2D eigenvalue weighted by atomic mass is 16.4. The summed E-state index contributed by atoms with van der Waals surface area (Å²) in [5, 5.41) is 49.6. The lowest BCUT2D eigenvalue weighted by molar-refractivity contribution is -0.132. The Morgan fingerprint density at radius 1 is 1.14 bits per heavy atom. The molecule has 1 fully saturated rings. The van der Waals surface area contributed by atoms with Gasteiger partial charge in [-0.25, -0.2) is 4.79 Å². The van der Waals surface area contributed by atoms with E-state index < -0.39 is 43.2 Å². The molecule has 1 unspecified atom stereocenters. The highest BCUT2D eigenvalue weighted by Gasteiger charge is 2.35. The van der Waals surface area contributed by atoms with Gasteiger partial charge in [0.15, 0.2) is 0 Å². The fourth-order valence-electron chi connectivity index (χ4n) is 2.07. The topological polar surface area (TPSA) is 154 Å². The predicted molar refractivity (Wildman–Crippen MR) is 73.4 cm³/mol. The number of nitrogens with one attached hydrogen (secondary N) is 1.